The fourth-order valence-corrected chi connectivity index (χ4v) is 3.37. The molecule has 0 bridgehead atoms. The maximum absolute atomic E-state index is 12.3. The first-order valence-electron chi connectivity index (χ1n) is 7.51. The van der Waals surface area contributed by atoms with Crippen LogP contribution in [0.2, 0.25) is 0 Å². The molecular weight excluding hydrogens is 328 g/mol. The lowest BCUT2D eigenvalue weighted by molar-refractivity contribution is -0.115. The van der Waals surface area contributed by atoms with Crippen LogP contribution in [0.15, 0.2) is 53.4 Å². The van der Waals surface area contributed by atoms with Crippen LogP contribution in [0.3, 0.4) is 0 Å². The van der Waals surface area contributed by atoms with Gasteiger partial charge in [0.15, 0.2) is 0 Å². The monoisotopic (exact) mass is 348 g/mol. The summed E-state index contributed by atoms with van der Waals surface area (Å²) in [6.45, 7) is 3.64. The number of rotatable bonds is 7. The number of benzene rings is 2. The van der Waals surface area contributed by atoms with E-state index in [1.807, 2.05) is 6.92 Å². The van der Waals surface area contributed by atoms with Crippen molar-refractivity contribution in [2.45, 2.75) is 18.7 Å². The molecule has 0 saturated heterocycles. The van der Waals surface area contributed by atoms with Crippen molar-refractivity contribution in [3.63, 3.8) is 0 Å². The Balaban J connectivity index is 2.02. The first-order valence-corrected chi connectivity index (χ1v) is 8.99. The summed E-state index contributed by atoms with van der Waals surface area (Å²) in [4.78, 5) is 12.2. The molecule has 0 aliphatic heterocycles. The average molecular weight is 348 g/mol. The average Bonchev–Trinajstić information content (AvgIpc) is 2.55. The molecule has 2 aromatic carbocycles. The summed E-state index contributed by atoms with van der Waals surface area (Å²) < 4.78 is 32.2. The number of sulfonamides is 1. The smallest absolute Gasteiger partial charge is 0.241 e. The molecule has 0 unspecified atom stereocenters. The Morgan fingerprint density at radius 2 is 1.75 bits per heavy atom. The standard InChI is InChI=1S/C17H20N2O4S/c1-3-23-15-10-6-5-9-14(15)19-17(20)12-18-24(21,22)16-11-7-4-8-13(16)2/h4-11,18H,3,12H2,1-2H3,(H,19,20). The van der Waals surface area contributed by atoms with Crippen LogP contribution in [-0.2, 0) is 14.8 Å². The van der Waals surface area contributed by atoms with Crippen molar-refractivity contribution in [1.29, 1.82) is 0 Å². The maximum atomic E-state index is 12.3. The SMILES string of the molecule is CCOc1ccccc1NC(=O)CNS(=O)(=O)c1ccccc1C. The Morgan fingerprint density at radius 3 is 2.46 bits per heavy atom. The molecule has 0 aliphatic carbocycles. The Hall–Kier alpha value is -2.38. The second kappa shape index (κ2) is 7.94. The van der Waals surface area contributed by atoms with Crippen LogP contribution in [0, 0.1) is 6.92 Å². The molecular formula is C17H20N2O4S. The van der Waals surface area contributed by atoms with E-state index < -0.39 is 15.9 Å². The van der Waals surface area contributed by atoms with Gasteiger partial charge in [-0.25, -0.2) is 13.1 Å². The van der Waals surface area contributed by atoms with Crippen molar-refractivity contribution in [1.82, 2.24) is 4.72 Å². The van der Waals surface area contributed by atoms with Crippen LogP contribution in [0.4, 0.5) is 5.69 Å². The molecule has 0 heterocycles. The molecule has 0 saturated carbocycles. The molecule has 7 heteroatoms. The van der Waals surface area contributed by atoms with Gasteiger partial charge in [-0.1, -0.05) is 30.3 Å². The van der Waals surface area contributed by atoms with Gasteiger partial charge in [-0.05, 0) is 37.6 Å². The Bertz CT molecular complexity index is 819. The lowest BCUT2D eigenvalue weighted by Gasteiger charge is -2.12. The number of hydrogen-bond donors (Lipinski definition) is 2. The van der Waals surface area contributed by atoms with Crippen molar-refractivity contribution in [2.75, 3.05) is 18.5 Å². The van der Waals surface area contributed by atoms with Crippen molar-refractivity contribution in [3.8, 4) is 5.75 Å². The van der Waals surface area contributed by atoms with Gasteiger partial charge >= 0.3 is 0 Å². The summed E-state index contributed by atoms with van der Waals surface area (Å²) >= 11 is 0. The molecule has 0 aliphatic rings. The van der Waals surface area contributed by atoms with E-state index in [4.69, 9.17) is 4.74 Å². The highest BCUT2D eigenvalue weighted by Gasteiger charge is 2.17. The molecule has 2 N–H and O–H groups in total. The van der Waals surface area contributed by atoms with Gasteiger partial charge in [-0.15, -0.1) is 0 Å². The molecule has 0 radical (unpaired) electrons. The van der Waals surface area contributed by atoms with Crippen LogP contribution >= 0.6 is 0 Å². The van der Waals surface area contributed by atoms with Crippen molar-refractivity contribution < 1.29 is 17.9 Å². The quantitative estimate of drug-likeness (QED) is 0.804. The minimum atomic E-state index is -3.74. The molecule has 24 heavy (non-hydrogen) atoms. The van der Waals surface area contributed by atoms with E-state index in [0.29, 0.717) is 23.6 Å². The number of anilines is 1. The summed E-state index contributed by atoms with van der Waals surface area (Å²) in [6.07, 6.45) is 0. The minimum absolute atomic E-state index is 0.160. The van der Waals surface area contributed by atoms with E-state index in [2.05, 4.69) is 10.0 Å². The van der Waals surface area contributed by atoms with Gasteiger partial charge in [0, 0.05) is 0 Å². The van der Waals surface area contributed by atoms with Crippen LogP contribution < -0.4 is 14.8 Å². The van der Waals surface area contributed by atoms with E-state index in [1.165, 1.54) is 6.07 Å². The molecule has 0 atom stereocenters. The zero-order chi connectivity index (χ0) is 17.6. The number of ether oxygens (including phenoxy) is 1. The van der Waals surface area contributed by atoms with Gasteiger partial charge < -0.3 is 10.1 Å². The Kier molecular flexibility index (Phi) is 5.94. The maximum Gasteiger partial charge on any atom is 0.241 e. The van der Waals surface area contributed by atoms with E-state index in [-0.39, 0.29) is 11.4 Å². The van der Waals surface area contributed by atoms with Crippen LogP contribution in [0.5, 0.6) is 5.75 Å². The Labute approximate surface area is 141 Å². The first kappa shape index (κ1) is 18.0. The summed E-state index contributed by atoms with van der Waals surface area (Å²) in [6, 6.07) is 13.6. The lowest BCUT2D eigenvalue weighted by atomic mass is 10.2. The molecule has 1 amide bonds. The second-order valence-corrected chi connectivity index (χ2v) is 6.80. The fraction of sp³-hybridized carbons (Fsp3) is 0.235. The normalized spacial score (nSPS) is 11.1. The molecule has 6 nitrogen and oxygen atoms in total. The van der Waals surface area contributed by atoms with E-state index >= 15 is 0 Å². The number of para-hydroxylation sites is 2. The molecule has 2 aromatic rings. The number of nitrogens with one attached hydrogen (secondary N) is 2. The third-order valence-corrected chi connectivity index (χ3v) is 4.83. The van der Waals surface area contributed by atoms with Crippen LogP contribution in [0.1, 0.15) is 12.5 Å². The van der Waals surface area contributed by atoms with Crippen molar-refractivity contribution in [3.05, 3.63) is 54.1 Å². The molecule has 128 valence electrons. The number of aryl methyl sites for hydroxylation is 1. The zero-order valence-electron chi connectivity index (χ0n) is 13.6. The minimum Gasteiger partial charge on any atom is -0.492 e. The van der Waals surface area contributed by atoms with Gasteiger partial charge in [0.25, 0.3) is 0 Å². The van der Waals surface area contributed by atoms with Gasteiger partial charge in [0.05, 0.1) is 23.7 Å². The van der Waals surface area contributed by atoms with Crippen LogP contribution in [0.25, 0.3) is 0 Å². The van der Waals surface area contributed by atoms with Crippen LogP contribution in [-0.4, -0.2) is 27.5 Å². The molecule has 0 spiro atoms. The topological polar surface area (TPSA) is 84.5 Å². The van der Waals surface area contributed by atoms with E-state index in [0.717, 1.165) is 0 Å². The van der Waals surface area contributed by atoms with Gasteiger partial charge in [-0.3, -0.25) is 4.79 Å². The predicted molar refractivity (Wildman–Crippen MR) is 92.6 cm³/mol. The van der Waals surface area contributed by atoms with Crippen molar-refractivity contribution in [2.24, 2.45) is 0 Å². The summed E-state index contributed by atoms with van der Waals surface area (Å²) in [5.41, 5.74) is 1.12. The molecule has 0 fully saturated rings. The largest absolute Gasteiger partial charge is 0.492 e. The van der Waals surface area contributed by atoms with Crippen molar-refractivity contribution >= 4 is 21.6 Å². The summed E-state index contributed by atoms with van der Waals surface area (Å²) in [7, 11) is -3.74. The predicted octanol–water partition coefficient (Wildman–Crippen LogP) is 2.31. The molecule has 2 rings (SSSR count). The van der Waals surface area contributed by atoms with E-state index in [9.17, 15) is 13.2 Å². The molecule has 0 aromatic heterocycles. The third kappa shape index (κ3) is 4.56. The number of carbonyl (C=O) groups excluding carboxylic acids is 1. The number of hydrogen-bond acceptors (Lipinski definition) is 4. The second-order valence-electron chi connectivity index (χ2n) is 5.07. The highest BCUT2D eigenvalue weighted by molar-refractivity contribution is 7.89. The highest BCUT2D eigenvalue weighted by atomic mass is 32.2. The Morgan fingerprint density at radius 1 is 1.08 bits per heavy atom. The van der Waals surface area contributed by atoms with Gasteiger partial charge in [0.2, 0.25) is 15.9 Å². The fourth-order valence-electron chi connectivity index (χ4n) is 2.14. The number of amides is 1. The van der Waals surface area contributed by atoms with Gasteiger partial charge in [-0.2, -0.15) is 0 Å². The number of carbonyl (C=O) groups is 1. The highest BCUT2D eigenvalue weighted by Crippen LogP contribution is 2.23. The third-order valence-electron chi connectivity index (χ3n) is 3.27. The summed E-state index contributed by atoms with van der Waals surface area (Å²) in [5.74, 6) is 0.0643. The zero-order valence-corrected chi connectivity index (χ0v) is 14.4. The van der Waals surface area contributed by atoms with Gasteiger partial charge in [0.1, 0.15) is 5.75 Å². The summed E-state index contributed by atoms with van der Waals surface area (Å²) in [5, 5.41) is 2.64. The van der Waals surface area contributed by atoms with E-state index in [1.54, 1.807) is 49.4 Å². The first-order chi connectivity index (χ1) is 11.4. The lowest BCUT2D eigenvalue weighted by Crippen LogP contribution is -2.33.